The van der Waals surface area contributed by atoms with Crippen LogP contribution < -0.4 is 20.3 Å². The maximum absolute atomic E-state index is 12.8. The summed E-state index contributed by atoms with van der Waals surface area (Å²) >= 11 is 0. The normalized spacial score (nSPS) is 28.1. The number of nitrogens with one attached hydrogen (secondary N) is 2. The van der Waals surface area contributed by atoms with E-state index in [1.165, 1.54) is 24.8 Å². The second kappa shape index (κ2) is 8.20. The number of hydrogen-bond acceptors (Lipinski definition) is 4. The molecule has 1 saturated carbocycles. The van der Waals surface area contributed by atoms with Crippen molar-refractivity contribution in [3.63, 3.8) is 0 Å². The summed E-state index contributed by atoms with van der Waals surface area (Å²) in [5.41, 5.74) is 4.03. The molecule has 170 valence electrons. The monoisotopic (exact) mass is 433 g/mol. The second-order valence-electron chi connectivity index (χ2n) is 10.1. The average Bonchev–Trinajstić information content (AvgIpc) is 3.43. The Hall–Kier alpha value is -2.37. The van der Waals surface area contributed by atoms with Gasteiger partial charge in [-0.1, -0.05) is 36.8 Å². The van der Waals surface area contributed by atoms with Crippen LogP contribution in [0.15, 0.2) is 42.5 Å². The molecule has 5 nitrogen and oxygen atoms in total. The van der Waals surface area contributed by atoms with Gasteiger partial charge in [-0.3, -0.25) is 4.79 Å². The van der Waals surface area contributed by atoms with Crippen molar-refractivity contribution in [1.82, 2.24) is 10.6 Å². The van der Waals surface area contributed by atoms with Crippen LogP contribution in [0.3, 0.4) is 0 Å². The molecular formula is C27H35N3O2. The van der Waals surface area contributed by atoms with Gasteiger partial charge in [-0.2, -0.15) is 0 Å². The van der Waals surface area contributed by atoms with Gasteiger partial charge < -0.3 is 20.3 Å². The number of anilines is 1. The topological polar surface area (TPSA) is 53.6 Å². The van der Waals surface area contributed by atoms with Crippen LogP contribution in [0.2, 0.25) is 0 Å². The smallest absolute Gasteiger partial charge is 0.236 e. The molecule has 2 aliphatic heterocycles. The molecule has 1 amide bonds. The first-order chi connectivity index (χ1) is 15.4. The van der Waals surface area contributed by atoms with E-state index in [-0.39, 0.29) is 5.91 Å². The number of ether oxygens (including phenoxy) is 1. The molecule has 3 aliphatic rings. The Bertz CT molecular complexity index is 1000. The van der Waals surface area contributed by atoms with E-state index in [9.17, 15) is 4.79 Å². The molecule has 2 aromatic carbocycles. The summed E-state index contributed by atoms with van der Waals surface area (Å²) in [5.74, 6) is 1.66. The third-order valence-electron chi connectivity index (χ3n) is 7.82. The van der Waals surface area contributed by atoms with Crippen molar-refractivity contribution in [2.75, 3.05) is 18.6 Å². The lowest BCUT2D eigenvalue weighted by Gasteiger charge is -2.26. The number of amides is 1. The number of nitrogens with zero attached hydrogens (tertiary/aromatic N) is 1. The molecule has 2 fully saturated rings. The van der Waals surface area contributed by atoms with E-state index >= 15 is 0 Å². The molecule has 0 bridgehead atoms. The number of carbonyl (C=O) groups is 1. The molecule has 0 aromatic heterocycles. The minimum atomic E-state index is -0.512. The molecule has 4 unspecified atom stereocenters. The van der Waals surface area contributed by atoms with Gasteiger partial charge in [-0.05, 0) is 56.7 Å². The van der Waals surface area contributed by atoms with Crippen LogP contribution in [0, 0.1) is 5.92 Å². The molecule has 1 aliphatic carbocycles. The van der Waals surface area contributed by atoms with Crippen molar-refractivity contribution in [1.29, 1.82) is 0 Å². The van der Waals surface area contributed by atoms with Crippen LogP contribution in [0.1, 0.15) is 62.8 Å². The van der Waals surface area contributed by atoms with Gasteiger partial charge in [0.2, 0.25) is 5.91 Å². The maximum atomic E-state index is 12.8. The van der Waals surface area contributed by atoms with Crippen LogP contribution in [0.25, 0.3) is 0 Å². The molecule has 2 heterocycles. The Kier molecular flexibility index (Phi) is 5.50. The molecule has 32 heavy (non-hydrogen) atoms. The van der Waals surface area contributed by atoms with Gasteiger partial charge in [0.1, 0.15) is 5.75 Å². The minimum absolute atomic E-state index is 0.137. The maximum Gasteiger partial charge on any atom is 0.236 e. The summed E-state index contributed by atoms with van der Waals surface area (Å²) in [6.45, 7) is 7.39. The van der Waals surface area contributed by atoms with E-state index in [0.29, 0.717) is 30.7 Å². The van der Waals surface area contributed by atoms with E-state index in [2.05, 4.69) is 53.1 Å². The quantitative estimate of drug-likeness (QED) is 0.713. The fraction of sp³-hybridized carbons (Fsp3) is 0.519. The predicted molar refractivity (Wildman–Crippen MR) is 128 cm³/mol. The highest BCUT2D eigenvalue weighted by molar-refractivity contribution is 6.07. The van der Waals surface area contributed by atoms with E-state index in [1.807, 2.05) is 27.8 Å². The van der Waals surface area contributed by atoms with Crippen LogP contribution in [0.4, 0.5) is 5.69 Å². The van der Waals surface area contributed by atoms with Crippen molar-refractivity contribution in [2.45, 2.75) is 70.1 Å². The largest absolute Gasteiger partial charge is 0.493 e. The Labute approximate surface area is 191 Å². The zero-order chi connectivity index (χ0) is 22.5. The number of hydrogen-bond donors (Lipinski definition) is 2. The molecule has 0 radical (unpaired) electrons. The third kappa shape index (κ3) is 3.43. The Morgan fingerprint density at radius 1 is 1.19 bits per heavy atom. The number of carbonyl (C=O) groups excluding carboxylic acids is 1. The number of likely N-dealkylation sites (N-methyl/N-ethyl adjacent to an activating group) is 1. The highest BCUT2D eigenvalue weighted by atomic mass is 16.5. The lowest BCUT2D eigenvalue weighted by atomic mass is 9.85. The van der Waals surface area contributed by atoms with E-state index in [0.717, 1.165) is 29.1 Å². The van der Waals surface area contributed by atoms with Gasteiger partial charge in [0.25, 0.3) is 0 Å². The summed E-state index contributed by atoms with van der Waals surface area (Å²) in [5, 5.41) is 7.83. The van der Waals surface area contributed by atoms with Gasteiger partial charge in [-0.25, -0.2) is 0 Å². The lowest BCUT2D eigenvalue weighted by Crippen LogP contribution is -2.38. The summed E-state index contributed by atoms with van der Waals surface area (Å²) in [4.78, 5) is 14.6. The molecule has 0 spiro atoms. The van der Waals surface area contributed by atoms with Gasteiger partial charge in [-0.15, -0.1) is 0 Å². The molecule has 5 heteroatoms. The molecular weight excluding hydrogens is 398 g/mol. The first kappa shape index (κ1) is 21.5. The van der Waals surface area contributed by atoms with E-state index in [4.69, 9.17) is 4.74 Å². The molecule has 2 N–H and O–H groups in total. The SMILES string of the molecule is CCOc1cc2c(cc1CNC1C(c3ccccc3)NC3CCCC31)C(C)(C)C(=O)N2C. The Morgan fingerprint density at radius 3 is 2.72 bits per heavy atom. The first-order valence-corrected chi connectivity index (χ1v) is 12.0. The first-order valence-electron chi connectivity index (χ1n) is 12.0. The average molecular weight is 434 g/mol. The van der Waals surface area contributed by atoms with Gasteiger partial charge in [0.05, 0.1) is 17.7 Å². The zero-order valence-electron chi connectivity index (χ0n) is 19.7. The van der Waals surface area contributed by atoms with Gasteiger partial charge in [0, 0.05) is 43.3 Å². The lowest BCUT2D eigenvalue weighted by molar-refractivity contribution is -0.121. The summed E-state index contributed by atoms with van der Waals surface area (Å²) in [7, 11) is 1.86. The van der Waals surface area contributed by atoms with Crippen molar-refractivity contribution < 1.29 is 9.53 Å². The Balaban J connectivity index is 1.44. The fourth-order valence-electron chi connectivity index (χ4n) is 6.13. The van der Waals surface area contributed by atoms with Crippen molar-refractivity contribution in [3.05, 3.63) is 59.2 Å². The van der Waals surface area contributed by atoms with Crippen LogP contribution in [0.5, 0.6) is 5.75 Å². The standard InChI is InChI=1S/C27H35N3O2/c1-5-32-23-15-22-20(27(2,3)26(31)30(22)4)14-18(23)16-28-25-19-12-9-13-21(19)29-24(25)17-10-7-6-8-11-17/h6-8,10-11,14-15,19,21,24-25,28-29H,5,9,12-13,16H2,1-4H3. The van der Waals surface area contributed by atoms with Crippen LogP contribution in [-0.2, 0) is 16.8 Å². The second-order valence-corrected chi connectivity index (χ2v) is 10.1. The molecule has 2 aromatic rings. The summed E-state index contributed by atoms with van der Waals surface area (Å²) in [6, 6.07) is 16.4. The number of fused-ring (bicyclic) bond motifs is 2. The summed E-state index contributed by atoms with van der Waals surface area (Å²) < 4.78 is 6.03. The van der Waals surface area contributed by atoms with Crippen molar-refractivity contribution in [3.8, 4) is 5.75 Å². The van der Waals surface area contributed by atoms with Crippen molar-refractivity contribution in [2.24, 2.45) is 5.92 Å². The molecule has 5 rings (SSSR count). The highest BCUT2D eigenvalue weighted by Gasteiger charge is 2.46. The predicted octanol–water partition coefficient (Wildman–Crippen LogP) is 4.31. The fourth-order valence-corrected chi connectivity index (χ4v) is 6.13. The van der Waals surface area contributed by atoms with Gasteiger partial charge in [0.15, 0.2) is 0 Å². The minimum Gasteiger partial charge on any atom is -0.493 e. The molecule has 1 saturated heterocycles. The van der Waals surface area contributed by atoms with Gasteiger partial charge >= 0.3 is 0 Å². The number of rotatable bonds is 6. The van der Waals surface area contributed by atoms with Crippen LogP contribution in [-0.4, -0.2) is 31.6 Å². The van der Waals surface area contributed by atoms with Crippen LogP contribution >= 0.6 is 0 Å². The van der Waals surface area contributed by atoms with E-state index in [1.54, 1.807) is 4.90 Å². The zero-order valence-corrected chi connectivity index (χ0v) is 19.7. The summed E-state index contributed by atoms with van der Waals surface area (Å²) in [6.07, 6.45) is 3.83. The highest BCUT2D eigenvalue weighted by Crippen LogP contribution is 2.45. The third-order valence-corrected chi connectivity index (χ3v) is 7.82. The molecule has 4 atom stereocenters. The Morgan fingerprint density at radius 2 is 1.97 bits per heavy atom. The number of benzene rings is 2. The van der Waals surface area contributed by atoms with Crippen molar-refractivity contribution >= 4 is 11.6 Å². The van der Waals surface area contributed by atoms with E-state index < -0.39 is 5.41 Å².